The van der Waals surface area contributed by atoms with Crippen LogP contribution in [-0.2, 0) is 12.8 Å². The van der Waals surface area contributed by atoms with E-state index >= 15 is 0 Å². The van der Waals surface area contributed by atoms with Crippen LogP contribution in [0.4, 0.5) is 4.39 Å². The quantitative estimate of drug-likeness (QED) is 0.856. The average Bonchev–Trinajstić information content (AvgIpc) is 2.66. The summed E-state index contributed by atoms with van der Waals surface area (Å²) in [5, 5.41) is 0. The molecule has 0 spiro atoms. The predicted octanol–water partition coefficient (Wildman–Crippen LogP) is 1.91. The van der Waals surface area contributed by atoms with Crippen LogP contribution in [0.5, 0.6) is 0 Å². The summed E-state index contributed by atoms with van der Waals surface area (Å²) in [6.45, 7) is 0.548. The Bertz CT molecular complexity index is 468. The van der Waals surface area contributed by atoms with Gasteiger partial charge >= 0.3 is 0 Å². The standard InChI is InChI=1S/C12H13FN2O/c13-10-3-1-2-9(6-10)7-12-15-11(4-5-14)8-16-12/h1-3,6,8H,4-5,7,14H2. The maximum absolute atomic E-state index is 12.9. The lowest BCUT2D eigenvalue weighted by molar-refractivity contribution is 0.505. The number of hydrogen-bond donors (Lipinski definition) is 1. The Morgan fingerprint density at radius 2 is 2.25 bits per heavy atom. The van der Waals surface area contributed by atoms with E-state index in [-0.39, 0.29) is 5.82 Å². The Labute approximate surface area is 93.1 Å². The Balaban J connectivity index is 2.08. The number of benzene rings is 1. The van der Waals surface area contributed by atoms with Crippen molar-refractivity contribution in [1.82, 2.24) is 4.98 Å². The average molecular weight is 220 g/mol. The van der Waals surface area contributed by atoms with Gasteiger partial charge in [-0.15, -0.1) is 0 Å². The molecule has 1 heterocycles. The van der Waals surface area contributed by atoms with Crippen LogP contribution in [0.2, 0.25) is 0 Å². The molecule has 0 atom stereocenters. The highest BCUT2D eigenvalue weighted by Crippen LogP contribution is 2.11. The lowest BCUT2D eigenvalue weighted by Gasteiger charge is -1.96. The summed E-state index contributed by atoms with van der Waals surface area (Å²) in [7, 11) is 0. The Morgan fingerprint density at radius 3 is 3.00 bits per heavy atom. The Morgan fingerprint density at radius 1 is 1.38 bits per heavy atom. The minimum atomic E-state index is -0.244. The molecular weight excluding hydrogens is 207 g/mol. The maximum atomic E-state index is 12.9. The third kappa shape index (κ3) is 2.67. The second-order valence-corrected chi connectivity index (χ2v) is 3.58. The van der Waals surface area contributed by atoms with Gasteiger partial charge in [-0.3, -0.25) is 0 Å². The monoisotopic (exact) mass is 220 g/mol. The number of oxazole rings is 1. The molecule has 4 heteroatoms. The molecule has 0 bridgehead atoms. The fraction of sp³-hybridized carbons (Fsp3) is 0.250. The van der Waals surface area contributed by atoms with Crippen molar-refractivity contribution in [2.75, 3.05) is 6.54 Å². The normalized spacial score (nSPS) is 10.6. The number of hydrogen-bond acceptors (Lipinski definition) is 3. The van der Waals surface area contributed by atoms with E-state index in [1.807, 2.05) is 6.07 Å². The summed E-state index contributed by atoms with van der Waals surface area (Å²) in [5.41, 5.74) is 7.10. The van der Waals surface area contributed by atoms with Gasteiger partial charge in [0, 0.05) is 12.8 Å². The number of nitrogens with two attached hydrogens (primary N) is 1. The summed E-state index contributed by atoms with van der Waals surface area (Å²) >= 11 is 0. The minimum Gasteiger partial charge on any atom is -0.448 e. The SMILES string of the molecule is NCCc1coc(Cc2cccc(F)c2)n1. The van der Waals surface area contributed by atoms with Crippen LogP contribution < -0.4 is 5.73 Å². The summed E-state index contributed by atoms with van der Waals surface area (Å²) in [5.74, 6) is 0.347. The Hall–Kier alpha value is -1.68. The van der Waals surface area contributed by atoms with Gasteiger partial charge < -0.3 is 10.2 Å². The molecule has 0 fully saturated rings. The minimum absolute atomic E-state index is 0.244. The highest BCUT2D eigenvalue weighted by atomic mass is 19.1. The van der Waals surface area contributed by atoms with E-state index in [1.165, 1.54) is 12.1 Å². The largest absolute Gasteiger partial charge is 0.448 e. The second kappa shape index (κ2) is 4.90. The molecule has 0 radical (unpaired) electrons. The molecule has 2 N–H and O–H groups in total. The van der Waals surface area contributed by atoms with Crippen LogP contribution in [0.3, 0.4) is 0 Å². The van der Waals surface area contributed by atoms with E-state index in [2.05, 4.69) is 4.98 Å². The number of nitrogens with zero attached hydrogens (tertiary/aromatic N) is 1. The van der Waals surface area contributed by atoms with Crippen molar-refractivity contribution in [1.29, 1.82) is 0 Å². The van der Waals surface area contributed by atoms with Crippen LogP contribution in [0.25, 0.3) is 0 Å². The lowest BCUT2D eigenvalue weighted by Crippen LogP contribution is -2.02. The van der Waals surface area contributed by atoms with E-state index in [1.54, 1.807) is 12.3 Å². The van der Waals surface area contributed by atoms with Gasteiger partial charge in [-0.2, -0.15) is 0 Å². The lowest BCUT2D eigenvalue weighted by atomic mass is 10.1. The summed E-state index contributed by atoms with van der Waals surface area (Å²) in [6.07, 6.45) is 2.80. The van der Waals surface area contributed by atoms with E-state index in [0.717, 1.165) is 11.3 Å². The molecule has 2 rings (SSSR count). The summed E-state index contributed by atoms with van der Waals surface area (Å²) < 4.78 is 18.2. The number of aromatic nitrogens is 1. The van der Waals surface area contributed by atoms with Crippen molar-refractivity contribution >= 4 is 0 Å². The van der Waals surface area contributed by atoms with Crippen LogP contribution >= 0.6 is 0 Å². The van der Waals surface area contributed by atoms with Crippen LogP contribution in [0.15, 0.2) is 34.9 Å². The van der Waals surface area contributed by atoms with Gasteiger partial charge in [0.1, 0.15) is 12.1 Å². The van der Waals surface area contributed by atoms with Gasteiger partial charge in [-0.25, -0.2) is 9.37 Å². The van der Waals surface area contributed by atoms with Gasteiger partial charge in [0.25, 0.3) is 0 Å². The number of halogens is 1. The first-order chi connectivity index (χ1) is 7.78. The molecule has 84 valence electrons. The van der Waals surface area contributed by atoms with E-state index < -0.39 is 0 Å². The first kappa shape index (κ1) is 10.8. The van der Waals surface area contributed by atoms with Crippen molar-refractivity contribution in [2.45, 2.75) is 12.8 Å². The van der Waals surface area contributed by atoms with Crippen LogP contribution in [0, 0.1) is 5.82 Å². The molecule has 0 aliphatic carbocycles. The summed E-state index contributed by atoms with van der Waals surface area (Å²) in [6, 6.07) is 6.41. The molecule has 3 nitrogen and oxygen atoms in total. The molecule has 1 aromatic heterocycles. The third-order valence-electron chi connectivity index (χ3n) is 2.24. The number of rotatable bonds is 4. The molecule has 0 amide bonds. The van der Waals surface area contributed by atoms with Gasteiger partial charge in [-0.05, 0) is 24.2 Å². The van der Waals surface area contributed by atoms with Crippen molar-refractivity contribution in [3.63, 3.8) is 0 Å². The van der Waals surface area contributed by atoms with Crippen molar-refractivity contribution in [3.8, 4) is 0 Å². The molecule has 2 aromatic rings. The summed E-state index contributed by atoms with van der Waals surface area (Å²) in [4.78, 5) is 4.26. The maximum Gasteiger partial charge on any atom is 0.198 e. The molecule has 0 unspecified atom stereocenters. The van der Waals surface area contributed by atoms with Crippen molar-refractivity contribution < 1.29 is 8.81 Å². The van der Waals surface area contributed by atoms with Gasteiger partial charge in [0.05, 0.1) is 5.69 Å². The van der Waals surface area contributed by atoms with E-state index in [0.29, 0.717) is 25.3 Å². The predicted molar refractivity (Wildman–Crippen MR) is 58.5 cm³/mol. The van der Waals surface area contributed by atoms with Gasteiger partial charge in [-0.1, -0.05) is 12.1 Å². The highest BCUT2D eigenvalue weighted by molar-refractivity contribution is 5.19. The molecule has 0 saturated carbocycles. The van der Waals surface area contributed by atoms with Crippen LogP contribution in [-0.4, -0.2) is 11.5 Å². The molecule has 16 heavy (non-hydrogen) atoms. The fourth-order valence-corrected chi connectivity index (χ4v) is 1.51. The Kier molecular flexibility index (Phi) is 3.31. The topological polar surface area (TPSA) is 52.0 Å². The van der Waals surface area contributed by atoms with E-state index in [4.69, 9.17) is 10.2 Å². The van der Waals surface area contributed by atoms with Gasteiger partial charge in [0.2, 0.25) is 0 Å². The highest BCUT2D eigenvalue weighted by Gasteiger charge is 2.05. The van der Waals surface area contributed by atoms with Gasteiger partial charge in [0.15, 0.2) is 5.89 Å². The van der Waals surface area contributed by atoms with Crippen molar-refractivity contribution in [3.05, 3.63) is 53.5 Å². The zero-order valence-electron chi connectivity index (χ0n) is 8.82. The molecule has 0 aliphatic heterocycles. The zero-order chi connectivity index (χ0) is 11.4. The first-order valence-electron chi connectivity index (χ1n) is 5.15. The molecule has 0 aliphatic rings. The molecular formula is C12H13FN2O. The zero-order valence-corrected chi connectivity index (χ0v) is 8.82. The van der Waals surface area contributed by atoms with Crippen LogP contribution in [0.1, 0.15) is 17.1 Å². The molecule has 0 saturated heterocycles. The molecule has 1 aromatic carbocycles. The second-order valence-electron chi connectivity index (χ2n) is 3.58. The first-order valence-corrected chi connectivity index (χ1v) is 5.15. The fourth-order valence-electron chi connectivity index (χ4n) is 1.51. The smallest absolute Gasteiger partial charge is 0.198 e. The third-order valence-corrected chi connectivity index (χ3v) is 2.24. The van der Waals surface area contributed by atoms with E-state index in [9.17, 15) is 4.39 Å². The van der Waals surface area contributed by atoms with Crippen molar-refractivity contribution in [2.24, 2.45) is 5.73 Å².